The third-order valence-electron chi connectivity index (χ3n) is 3.40. The second kappa shape index (κ2) is 5.65. The normalized spacial score (nSPS) is 26.3. The van der Waals surface area contributed by atoms with Crippen molar-refractivity contribution in [3.05, 3.63) is 18.0 Å². The van der Waals surface area contributed by atoms with Crippen LogP contribution in [0.15, 0.2) is 12.4 Å². The van der Waals surface area contributed by atoms with Crippen molar-refractivity contribution in [2.24, 2.45) is 13.0 Å². The molecule has 0 spiro atoms. The summed E-state index contributed by atoms with van der Waals surface area (Å²) in [5.41, 5.74) is 1.28. The van der Waals surface area contributed by atoms with E-state index in [4.69, 9.17) is 4.74 Å². The lowest BCUT2D eigenvalue weighted by Crippen LogP contribution is -2.29. The molecule has 3 atom stereocenters. The monoisotopic (exact) mass is 237 g/mol. The van der Waals surface area contributed by atoms with Gasteiger partial charge in [-0.05, 0) is 26.3 Å². The lowest BCUT2D eigenvalue weighted by molar-refractivity contribution is 0.117. The number of aryl methyl sites for hydroxylation is 1. The van der Waals surface area contributed by atoms with E-state index in [1.54, 1.807) is 0 Å². The van der Waals surface area contributed by atoms with Gasteiger partial charge in [0.05, 0.1) is 18.9 Å². The van der Waals surface area contributed by atoms with Gasteiger partial charge in [0, 0.05) is 30.8 Å². The van der Waals surface area contributed by atoms with E-state index >= 15 is 0 Å². The predicted molar refractivity (Wildman–Crippen MR) is 67.8 cm³/mol. The van der Waals surface area contributed by atoms with Crippen molar-refractivity contribution in [3.63, 3.8) is 0 Å². The highest BCUT2D eigenvalue weighted by atomic mass is 16.5. The number of aromatic nitrogens is 2. The molecule has 0 aromatic carbocycles. The molecule has 1 aliphatic rings. The van der Waals surface area contributed by atoms with Crippen LogP contribution in [-0.4, -0.2) is 29.0 Å². The molecule has 1 aromatic rings. The number of ether oxygens (including phenoxy) is 1. The Bertz CT molecular complexity index is 350. The maximum Gasteiger partial charge on any atom is 0.0551 e. The van der Waals surface area contributed by atoms with Crippen LogP contribution in [0, 0.1) is 5.92 Å². The van der Waals surface area contributed by atoms with Crippen LogP contribution in [0.2, 0.25) is 0 Å². The van der Waals surface area contributed by atoms with E-state index < -0.39 is 0 Å². The Morgan fingerprint density at radius 1 is 1.65 bits per heavy atom. The quantitative estimate of drug-likeness (QED) is 0.850. The number of hydrogen-bond acceptors (Lipinski definition) is 3. The second-order valence-electron chi connectivity index (χ2n) is 5.02. The van der Waals surface area contributed by atoms with Gasteiger partial charge >= 0.3 is 0 Å². The third kappa shape index (κ3) is 3.07. The number of hydrogen-bond donors (Lipinski definition) is 1. The molecule has 4 heteroatoms. The number of rotatable bonds is 5. The summed E-state index contributed by atoms with van der Waals surface area (Å²) in [5.74, 6) is 0.570. The fraction of sp³-hybridized carbons (Fsp3) is 0.769. The molecule has 1 aromatic heterocycles. The van der Waals surface area contributed by atoms with Gasteiger partial charge in [-0.25, -0.2) is 0 Å². The summed E-state index contributed by atoms with van der Waals surface area (Å²) >= 11 is 0. The van der Waals surface area contributed by atoms with Crippen molar-refractivity contribution in [2.75, 3.05) is 13.2 Å². The van der Waals surface area contributed by atoms with Crippen LogP contribution in [0.1, 0.15) is 38.3 Å². The van der Waals surface area contributed by atoms with Crippen LogP contribution in [0.5, 0.6) is 0 Å². The molecule has 4 nitrogen and oxygen atoms in total. The van der Waals surface area contributed by atoms with Crippen LogP contribution in [-0.2, 0) is 11.8 Å². The molecule has 0 amide bonds. The van der Waals surface area contributed by atoms with E-state index in [0.29, 0.717) is 18.1 Å². The summed E-state index contributed by atoms with van der Waals surface area (Å²) in [6, 6.07) is 0.383. The van der Waals surface area contributed by atoms with Crippen LogP contribution >= 0.6 is 0 Å². The highest BCUT2D eigenvalue weighted by Gasteiger charge is 2.30. The minimum Gasteiger partial charge on any atom is -0.378 e. The summed E-state index contributed by atoms with van der Waals surface area (Å²) in [5, 5.41) is 7.90. The van der Waals surface area contributed by atoms with Crippen molar-refractivity contribution < 1.29 is 4.74 Å². The van der Waals surface area contributed by atoms with E-state index in [0.717, 1.165) is 26.0 Å². The van der Waals surface area contributed by atoms with E-state index in [1.165, 1.54) is 5.56 Å². The van der Waals surface area contributed by atoms with Gasteiger partial charge in [-0.15, -0.1) is 0 Å². The molecule has 1 saturated heterocycles. The highest BCUT2D eigenvalue weighted by Crippen LogP contribution is 2.31. The average Bonchev–Trinajstić information content (AvgIpc) is 2.89. The first-order valence-electron chi connectivity index (χ1n) is 6.54. The Labute approximate surface area is 103 Å². The Kier molecular flexibility index (Phi) is 4.18. The molecule has 0 saturated carbocycles. The van der Waals surface area contributed by atoms with Gasteiger partial charge in [-0.1, -0.05) is 6.92 Å². The second-order valence-corrected chi connectivity index (χ2v) is 5.02. The number of nitrogens with one attached hydrogen (secondary N) is 1. The Hall–Kier alpha value is -0.870. The maximum atomic E-state index is 5.69. The Morgan fingerprint density at radius 3 is 3.00 bits per heavy atom. The van der Waals surface area contributed by atoms with Crippen LogP contribution < -0.4 is 5.32 Å². The van der Waals surface area contributed by atoms with Gasteiger partial charge in [-0.3, -0.25) is 4.68 Å². The zero-order chi connectivity index (χ0) is 12.3. The predicted octanol–water partition coefficient (Wildman–Crippen LogP) is 1.89. The first kappa shape index (κ1) is 12.6. The minimum atomic E-state index is 0.383. The van der Waals surface area contributed by atoms with E-state index in [9.17, 15) is 0 Å². The topological polar surface area (TPSA) is 39.1 Å². The van der Waals surface area contributed by atoms with Crippen LogP contribution in [0.25, 0.3) is 0 Å². The van der Waals surface area contributed by atoms with Gasteiger partial charge in [-0.2, -0.15) is 5.10 Å². The summed E-state index contributed by atoms with van der Waals surface area (Å²) < 4.78 is 7.56. The largest absolute Gasteiger partial charge is 0.378 e. The first-order valence-corrected chi connectivity index (χ1v) is 6.54. The molecule has 0 bridgehead atoms. The summed E-state index contributed by atoms with van der Waals surface area (Å²) in [7, 11) is 1.97. The Balaban J connectivity index is 2.07. The molecule has 3 unspecified atom stereocenters. The summed E-state index contributed by atoms with van der Waals surface area (Å²) in [6.45, 7) is 6.25. The molecule has 0 aliphatic carbocycles. The highest BCUT2D eigenvalue weighted by molar-refractivity contribution is 5.12. The van der Waals surface area contributed by atoms with E-state index in [1.807, 2.05) is 17.9 Å². The first-order chi connectivity index (χ1) is 8.20. The molecule has 96 valence electrons. The standard InChI is InChI=1S/C13H23N3O/c1-4-5-14-13(11-6-10(2)17-9-11)12-7-15-16(3)8-12/h7-8,10-11,13-14H,4-6,9H2,1-3H3. The SMILES string of the molecule is CCCNC(c1cnn(C)c1)C1COC(C)C1. The van der Waals surface area contributed by atoms with Crippen molar-refractivity contribution in [2.45, 2.75) is 38.8 Å². The zero-order valence-electron chi connectivity index (χ0n) is 11.0. The van der Waals surface area contributed by atoms with Crippen LogP contribution in [0.3, 0.4) is 0 Å². The zero-order valence-corrected chi connectivity index (χ0v) is 11.0. The van der Waals surface area contributed by atoms with Gasteiger partial charge < -0.3 is 10.1 Å². The summed E-state index contributed by atoms with van der Waals surface area (Å²) in [4.78, 5) is 0. The molecule has 1 fully saturated rings. The molecular formula is C13H23N3O. The van der Waals surface area contributed by atoms with E-state index in [2.05, 4.69) is 30.5 Å². The van der Waals surface area contributed by atoms with Crippen LogP contribution in [0.4, 0.5) is 0 Å². The van der Waals surface area contributed by atoms with E-state index in [-0.39, 0.29) is 0 Å². The molecular weight excluding hydrogens is 214 g/mol. The molecule has 1 N–H and O–H groups in total. The maximum absolute atomic E-state index is 5.69. The Morgan fingerprint density at radius 2 is 2.47 bits per heavy atom. The average molecular weight is 237 g/mol. The van der Waals surface area contributed by atoms with Gasteiger partial charge in [0.1, 0.15) is 0 Å². The fourth-order valence-corrected chi connectivity index (χ4v) is 2.54. The fourth-order valence-electron chi connectivity index (χ4n) is 2.54. The molecule has 2 heterocycles. The van der Waals surface area contributed by atoms with Crippen molar-refractivity contribution in [1.29, 1.82) is 0 Å². The third-order valence-corrected chi connectivity index (χ3v) is 3.40. The molecule has 17 heavy (non-hydrogen) atoms. The lowest BCUT2D eigenvalue weighted by Gasteiger charge is -2.22. The number of nitrogens with zero attached hydrogens (tertiary/aromatic N) is 2. The van der Waals surface area contributed by atoms with Crippen molar-refractivity contribution in [3.8, 4) is 0 Å². The van der Waals surface area contributed by atoms with Crippen molar-refractivity contribution in [1.82, 2.24) is 15.1 Å². The molecule has 1 aliphatic heterocycles. The van der Waals surface area contributed by atoms with Gasteiger partial charge in [0.25, 0.3) is 0 Å². The lowest BCUT2D eigenvalue weighted by atomic mass is 9.92. The van der Waals surface area contributed by atoms with Crippen molar-refractivity contribution >= 4 is 0 Å². The summed E-state index contributed by atoms with van der Waals surface area (Å²) in [6.07, 6.45) is 6.76. The molecule has 2 rings (SSSR count). The smallest absolute Gasteiger partial charge is 0.0551 e. The van der Waals surface area contributed by atoms with Gasteiger partial charge in [0.15, 0.2) is 0 Å². The minimum absolute atomic E-state index is 0.383. The molecule has 0 radical (unpaired) electrons. The van der Waals surface area contributed by atoms with Gasteiger partial charge in [0.2, 0.25) is 0 Å².